The van der Waals surface area contributed by atoms with Gasteiger partial charge in [0.15, 0.2) is 0 Å². The summed E-state index contributed by atoms with van der Waals surface area (Å²) in [4.78, 5) is 11.0. The summed E-state index contributed by atoms with van der Waals surface area (Å²) in [5.41, 5.74) is 2.77. The van der Waals surface area contributed by atoms with E-state index in [1.165, 1.54) is 29.6 Å². The van der Waals surface area contributed by atoms with Crippen LogP contribution in [0, 0.1) is 0 Å². The van der Waals surface area contributed by atoms with E-state index >= 15 is 0 Å². The van der Waals surface area contributed by atoms with Crippen molar-refractivity contribution in [1.29, 1.82) is 0 Å². The number of rotatable bonds is 9. The first-order chi connectivity index (χ1) is 16.6. The molecular formula is C27H26F2N4O. The number of benzene rings is 3. The molecule has 0 aliphatic carbocycles. The van der Waals surface area contributed by atoms with E-state index < -0.39 is 6.43 Å². The van der Waals surface area contributed by atoms with Crippen molar-refractivity contribution in [1.82, 2.24) is 14.9 Å². The molecule has 34 heavy (non-hydrogen) atoms. The Labute approximate surface area is 197 Å². The summed E-state index contributed by atoms with van der Waals surface area (Å²) in [6, 6.07) is 25.2. The average Bonchev–Trinajstić information content (AvgIpc) is 2.84. The Kier molecular flexibility index (Phi) is 6.47. The number of nitrogens with zero attached hydrogens (tertiary/aromatic N) is 3. The Morgan fingerprint density at radius 3 is 2.09 bits per heavy atom. The first-order valence-electron chi connectivity index (χ1n) is 11.3. The topological polar surface area (TPSA) is 50.3 Å². The SMILES string of the molecule is FC(F)c1ccc2ncnc(NCC3(N(Cc4ccccc4)Cc4ccccc4)COC3)c2c1. The van der Waals surface area contributed by atoms with Crippen LogP contribution in [0.2, 0.25) is 0 Å². The molecule has 5 nitrogen and oxygen atoms in total. The minimum Gasteiger partial charge on any atom is -0.377 e. The van der Waals surface area contributed by atoms with Crippen LogP contribution in [0.4, 0.5) is 14.6 Å². The van der Waals surface area contributed by atoms with Crippen molar-refractivity contribution in [3.8, 4) is 0 Å². The van der Waals surface area contributed by atoms with Crippen molar-refractivity contribution >= 4 is 16.7 Å². The zero-order valence-electron chi connectivity index (χ0n) is 18.7. The molecule has 0 bridgehead atoms. The zero-order chi connectivity index (χ0) is 23.4. The van der Waals surface area contributed by atoms with Crippen molar-refractivity contribution < 1.29 is 13.5 Å². The predicted octanol–water partition coefficient (Wildman–Crippen LogP) is 5.45. The highest BCUT2D eigenvalue weighted by molar-refractivity contribution is 5.89. The molecule has 0 unspecified atom stereocenters. The van der Waals surface area contributed by atoms with Gasteiger partial charge in [0.2, 0.25) is 0 Å². The number of halogens is 2. The first-order valence-corrected chi connectivity index (χ1v) is 11.3. The van der Waals surface area contributed by atoms with Crippen LogP contribution in [0.5, 0.6) is 0 Å². The minimum absolute atomic E-state index is 0.0400. The number of ether oxygens (including phenoxy) is 1. The molecule has 7 heteroatoms. The molecule has 2 heterocycles. The van der Waals surface area contributed by atoms with Crippen molar-refractivity contribution in [2.75, 3.05) is 25.1 Å². The van der Waals surface area contributed by atoms with Crippen LogP contribution in [0.25, 0.3) is 10.9 Å². The third-order valence-electron chi connectivity index (χ3n) is 6.34. The second kappa shape index (κ2) is 9.83. The number of alkyl halides is 2. The van der Waals surface area contributed by atoms with E-state index in [1.54, 1.807) is 6.07 Å². The quantitative estimate of drug-likeness (QED) is 0.360. The summed E-state index contributed by atoms with van der Waals surface area (Å²) < 4.78 is 32.3. The van der Waals surface area contributed by atoms with Crippen LogP contribution < -0.4 is 5.32 Å². The zero-order valence-corrected chi connectivity index (χ0v) is 18.7. The summed E-state index contributed by atoms with van der Waals surface area (Å²) in [7, 11) is 0. The molecule has 1 saturated heterocycles. The largest absolute Gasteiger partial charge is 0.377 e. The Morgan fingerprint density at radius 2 is 1.53 bits per heavy atom. The van der Waals surface area contributed by atoms with Crippen molar-refractivity contribution in [3.05, 3.63) is 102 Å². The molecule has 0 spiro atoms. The third-order valence-corrected chi connectivity index (χ3v) is 6.34. The first kappa shape index (κ1) is 22.4. The van der Waals surface area contributed by atoms with Gasteiger partial charge in [0.05, 0.1) is 24.3 Å². The van der Waals surface area contributed by atoms with E-state index in [-0.39, 0.29) is 11.1 Å². The number of hydrogen-bond acceptors (Lipinski definition) is 5. The van der Waals surface area contributed by atoms with Gasteiger partial charge in [-0.1, -0.05) is 66.7 Å². The molecule has 1 aliphatic rings. The van der Waals surface area contributed by atoms with Gasteiger partial charge in [0.25, 0.3) is 6.43 Å². The van der Waals surface area contributed by atoms with E-state index in [0.29, 0.717) is 36.5 Å². The number of nitrogens with one attached hydrogen (secondary N) is 1. The average molecular weight is 461 g/mol. The van der Waals surface area contributed by atoms with Gasteiger partial charge in [0, 0.05) is 30.6 Å². The van der Waals surface area contributed by atoms with Crippen LogP contribution in [-0.2, 0) is 17.8 Å². The van der Waals surface area contributed by atoms with E-state index in [2.05, 4.69) is 44.5 Å². The lowest BCUT2D eigenvalue weighted by Crippen LogP contribution is -2.65. The van der Waals surface area contributed by atoms with Gasteiger partial charge in [-0.2, -0.15) is 0 Å². The van der Waals surface area contributed by atoms with Gasteiger partial charge < -0.3 is 10.1 Å². The fourth-order valence-corrected chi connectivity index (χ4v) is 4.33. The van der Waals surface area contributed by atoms with Gasteiger partial charge in [-0.3, -0.25) is 4.90 Å². The van der Waals surface area contributed by atoms with Crippen LogP contribution in [0.15, 0.2) is 85.2 Å². The van der Waals surface area contributed by atoms with Gasteiger partial charge in [0.1, 0.15) is 12.1 Å². The van der Waals surface area contributed by atoms with E-state index in [4.69, 9.17) is 4.74 Å². The monoisotopic (exact) mass is 460 g/mol. The maximum absolute atomic E-state index is 13.3. The molecule has 5 rings (SSSR count). The van der Waals surface area contributed by atoms with Crippen molar-refractivity contribution in [2.45, 2.75) is 25.1 Å². The molecule has 1 N–H and O–H groups in total. The van der Waals surface area contributed by atoms with Crippen LogP contribution in [0.3, 0.4) is 0 Å². The van der Waals surface area contributed by atoms with Gasteiger partial charge in [-0.25, -0.2) is 18.7 Å². The number of hydrogen-bond donors (Lipinski definition) is 1. The van der Waals surface area contributed by atoms with Crippen molar-refractivity contribution in [3.63, 3.8) is 0 Å². The number of anilines is 1. The molecule has 1 fully saturated rings. The van der Waals surface area contributed by atoms with Gasteiger partial charge in [-0.15, -0.1) is 0 Å². The molecule has 0 radical (unpaired) electrons. The lowest BCUT2D eigenvalue weighted by atomic mass is 9.92. The maximum atomic E-state index is 13.3. The summed E-state index contributed by atoms with van der Waals surface area (Å²) in [6.07, 6.45) is -1.08. The lowest BCUT2D eigenvalue weighted by molar-refractivity contribution is -0.140. The van der Waals surface area contributed by atoms with E-state index in [1.807, 2.05) is 36.4 Å². The Bertz CT molecular complexity index is 1190. The summed E-state index contributed by atoms with van der Waals surface area (Å²) in [5, 5.41) is 4.02. The maximum Gasteiger partial charge on any atom is 0.263 e. The Balaban J connectivity index is 1.42. The van der Waals surface area contributed by atoms with Gasteiger partial charge in [-0.05, 0) is 23.3 Å². The molecule has 0 amide bonds. The number of fused-ring (bicyclic) bond motifs is 1. The molecule has 4 aromatic rings. The van der Waals surface area contributed by atoms with Gasteiger partial charge >= 0.3 is 0 Å². The highest BCUT2D eigenvalue weighted by Gasteiger charge is 2.44. The summed E-state index contributed by atoms with van der Waals surface area (Å²) in [5.74, 6) is 0.554. The van der Waals surface area contributed by atoms with Crippen LogP contribution >= 0.6 is 0 Å². The highest BCUT2D eigenvalue weighted by atomic mass is 19.3. The normalized spacial score (nSPS) is 14.9. The van der Waals surface area contributed by atoms with Crippen LogP contribution in [-0.4, -0.2) is 40.2 Å². The smallest absolute Gasteiger partial charge is 0.263 e. The fourth-order valence-electron chi connectivity index (χ4n) is 4.33. The summed E-state index contributed by atoms with van der Waals surface area (Å²) in [6.45, 7) is 3.25. The summed E-state index contributed by atoms with van der Waals surface area (Å²) >= 11 is 0. The minimum atomic E-state index is -2.55. The molecule has 1 aliphatic heterocycles. The molecule has 174 valence electrons. The van der Waals surface area contributed by atoms with Crippen molar-refractivity contribution in [2.24, 2.45) is 0 Å². The van der Waals surface area contributed by atoms with E-state index in [0.717, 1.165) is 13.1 Å². The third kappa shape index (κ3) is 4.76. The number of aromatic nitrogens is 2. The predicted molar refractivity (Wildman–Crippen MR) is 129 cm³/mol. The standard InChI is InChI=1S/C27H26F2N4O/c28-25(29)22-11-12-24-23(13-22)26(32-19-31-24)30-16-27(17-34-18-27)33(14-20-7-3-1-4-8-20)15-21-9-5-2-6-10-21/h1-13,19,25H,14-18H2,(H,30,31,32). The Hall–Kier alpha value is -3.42. The molecule has 0 atom stereocenters. The fraction of sp³-hybridized carbons (Fsp3) is 0.259. The lowest BCUT2D eigenvalue weighted by Gasteiger charge is -2.50. The highest BCUT2D eigenvalue weighted by Crippen LogP contribution is 2.31. The molecule has 1 aromatic heterocycles. The van der Waals surface area contributed by atoms with E-state index in [9.17, 15) is 8.78 Å². The van der Waals surface area contributed by atoms with Crippen LogP contribution in [0.1, 0.15) is 23.1 Å². The molecule has 0 saturated carbocycles. The second-order valence-electron chi connectivity index (χ2n) is 8.70. The molecule has 3 aromatic carbocycles. The second-order valence-corrected chi connectivity index (χ2v) is 8.70. The molecular weight excluding hydrogens is 434 g/mol. The Morgan fingerprint density at radius 1 is 0.882 bits per heavy atom.